The summed E-state index contributed by atoms with van der Waals surface area (Å²) in [4.78, 5) is 0. The third-order valence-electron chi connectivity index (χ3n) is 0.962. The molecule has 0 aliphatic carbocycles. The monoisotopic (exact) mass is 229 g/mol. The minimum Gasteiger partial charge on any atom is -0.398 e. The first-order valence-corrected chi connectivity index (χ1v) is 3.20. The molecular formula is C6H5ArBrFN. The van der Waals surface area contributed by atoms with Gasteiger partial charge in [-0.25, -0.2) is 4.39 Å². The van der Waals surface area contributed by atoms with Crippen molar-refractivity contribution in [1.82, 2.24) is 0 Å². The van der Waals surface area contributed by atoms with Crippen LogP contribution in [0.4, 0.5) is 10.1 Å². The van der Waals surface area contributed by atoms with Crippen LogP contribution in [-0.2, 0) is 0 Å². The van der Waals surface area contributed by atoms with Crippen molar-refractivity contribution >= 4 is 21.6 Å². The Morgan fingerprint density at radius 1 is 1.40 bits per heavy atom. The van der Waals surface area contributed by atoms with E-state index in [1.54, 1.807) is 0 Å². The van der Waals surface area contributed by atoms with E-state index in [1.807, 2.05) is 0 Å². The van der Waals surface area contributed by atoms with Gasteiger partial charge in [-0.05, 0) is 34.1 Å². The Morgan fingerprint density at radius 2 is 2.00 bits per heavy atom. The van der Waals surface area contributed by atoms with E-state index >= 15 is 0 Å². The number of rotatable bonds is 0. The molecule has 0 spiro atoms. The maximum atomic E-state index is 12.3. The van der Waals surface area contributed by atoms with Gasteiger partial charge in [-0.1, -0.05) is 0 Å². The smallest absolute Gasteiger partial charge is 0.124 e. The number of hydrogen-bond acceptors (Lipinski definition) is 1. The van der Waals surface area contributed by atoms with Crippen LogP contribution in [0.15, 0.2) is 22.7 Å². The molecule has 0 aliphatic rings. The fourth-order valence-corrected chi connectivity index (χ4v) is 0.852. The van der Waals surface area contributed by atoms with E-state index in [9.17, 15) is 4.39 Å². The van der Waals surface area contributed by atoms with E-state index in [0.717, 1.165) is 0 Å². The zero-order valence-electron chi connectivity index (χ0n) is 4.92. The van der Waals surface area contributed by atoms with Crippen LogP contribution in [0.2, 0.25) is 0 Å². The van der Waals surface area contributed by atoms with Gasteiger partial charge in [0.2, 0.25) is 0 Å². The second kappa shape index (κ2) is 4.54. The van der Waals surface area contributed by atoms with Crippen LogP contribution in [0.1, 0.15) is 0 Å². The molecule has 0 saturated carbocycles. The number of benzene rings is 1. The van der Waals surface area contributed by atoms with Crippen molar-refractivity contribution < 1.29 is 42.1 Å². The second-order valence-electron chi connectivity index (χ2n) is 1.67. The molecule has 0 heterocycles. The van der Waals surface area contributed by atoms with E-state index < -0.39 is 0 Å². The molecule has 1 aromatic carbocycles. The van der Waals surface area contributed by atoms with Gasteiger partial charge in [0.1, 0.15) is 5.82 Å². The van der Waals surface area contributed by atoms with Gasteiger partial charge in [-0.15, -0.1) is 0 Å². The normalized spacial score (nSPS) is 8.60. The summed E-state index contributed by atoms with van der Waals surface area (Å²) in [6.07, 6.45) is 0. The third-order valence-corrected chi connectivity index (χ3v) is 1.65. The summed E-state index contributed by atoms with van der Waals surface area (Å²) in [5.74, 6) is -0.281. The molecule has 56 valence electrons. The molecule has 0 aliphatic heterocycles. The minimum atomic E-state index is -0.281. The Hall–Kier alpha value is 0.690. The van der Waals surface area contributed by atoms with Crippen molar-refractivity contribution in [3.8, 4) is 0 Å². The SMILES string of the molecule is Nc1ccc(F)cc1Br.[Ar]. The van der Waals surface area contributed by atoms with Crippen molar-refractivity contribution in [1.29, 1.82) is 0 Å². The van der Waals surface area contributed by atoms with Crippen LogP contribution >= 0.6 is 15.9 Å². The molecule has 0 radical (unpaired) electrons. The Morgan fingerprint density at radius 3 is 2.40 bits per heavy atom. The van der Waals surface area contributed by atoms with E-state index in [0.29, 0.717) is 10.2 Å². The van der Waals surface area contributed by atoms with Gasteiger partial charge in [0.15, 0.2) is 0 Å². The summed E-state index contributed by atoms with van der Waals surface area (Å²) < 4.78 is 12.9. The van der Waals surface area contributed by atoms with Crippen molar-refractivity contribution in [2.24, 2.45) is 0 Å². The van der Waals surface area contributed by atoms with Crippen LogP contribution in [0.5, 0.6) is 0 Å². The molecule has 0 bridgehead atoms. The Labute approximate surface area is 96.9 Å². The summed E-state index contributed by atoms with van der Waals surface area (Å²) in [5, 5.41) is 0. The van der Waals surface area contributed by atoms with Crippen molar-refractivity contribution in [2.45, 2.75) is 0 Å². The number of nitrogens with two attached hydrogens (primary N) is 1. The molecule has 0 saturated heterocycles. The predicted octanol–water partition coefficient (Wildman–Crippen LogP) is 2.17. The molecule has 0 fully saturated rings. The maximum Gasteiger partial charge on any atom is 0.124 e. The molecule has 1 aromatic rings. The third kappa shape index (κ3) is 2.74. The summed E-state index contributed by atoms with van der Waals surface area (Å²) >= 11 is 3.08. The van der Waals surface area contributed by atoms with E-state index in [-0.39, 0.29) is 43.6 Å². The van der Waals surface area contributed by atoms with E-state index in [2.05, 4.69) is 15.9 Å². The molecule has 10 heavy (non-hydrogen) atoms. The molecule has 0 atom stereocenters. The molecule has 1 nitrogen and oxygen atoms in total. The molecule has 0 amide bonds. The second-order valence-corrected chi connectivity index (χ2v) is 2.52. The average molecular weight is 230 g/mol. The minimum absolute atomic E-state index is 0. The van der Waals surface area contributed by atoms with Crippen molar-refractivity contribution in [3.05, 3.63) is 28.5 Å². The Balaban J connectivity index is 0.000000810. The van der Waals surface area contributed by atoms with Gasteiger partial charge < -0.3 is 5.73 Å². The quantitative estimate of drug-likeness (QED) is 0.679. The largest absolute Gasteiger partial charge is 0.398 e. The number of nitrogen functional groups attached to an aromatic ring is 1. The van der Waals surface area contributed by atoms with Gasteiger partial charge in [-0.3, -0.25) is 0 Å². The Bertz CT molecular complexity index is 229. The zero-order chi connectivity index (χ0) is 6.85. The first-order chi connectivity index (χ1) is 4.20. The molecular weight excluding hydrogens is 225 g/mol. The van der Waals surface area contributed by atoms with Gasteiger partial charge in [0.05, 0.1) is 0 Å². The van der Waals surface area contributed by atoms with Crippen molar-refractivity contribution in [3.63, 3.8) is 0 Å². The van der Waals surface area contributed by atoms with E-state index in [4.69, 9.17) is 5.73 Å². The first kappa shape index (κ1) is 10.7. The van der Waals surface area contributed by atoms with Gasteiger partial charge in [0, 0.05) is 47.9 Å². The number of halogens is 2. The predicted molar refractivity (Wildman–Crippen MR) is 38.5 cm³/mol. The molecule has 2 N–H and O–H groups in total. The Kier molecular flexibility index (Phi) is 4.86. The van der Waals surface area contributed by atoms with Crippen LogP contribution in [0.3, 0.4) is 0 Å². The van der Waals surface area contributed by atoms with Gasteiger partial charge in [0.25, 0.3) is 0 Å². The fourth-order valence-electron chi connectivity index (χ4n) is 0.502. The summed E-state index contributed by atoms with van der Waals surface area (Å²) in [6, 6.07) is 4.16. The maximum absolute atomic E-state index is 12.3. The summed E-state index contributed by atoms with van der Waals surface area (Å²) in [7, 11) is 0. The molecule has 0 unspecified atom stereocenters. The van der Waals surface area contributed by atoms with Crippen LogP contribution in [0.25, 0.3) is 0 Å². The van der Waals surface area contributed by atoms with Crippen LogP contribution in [0, 0.1) is 43.6 Å². The molecule has 4 heteroatoms. The molecule has 0 aromatic heterocycles. The van der Waals surface area contributed by atoms with E-state index in [1.165, 1.54) is 18.2 Å². The van der Waals surface area contributed by atoms with Gasteiger partial charge >= 0.3 is 0 Å². The summed E-state index contributed by atoms with van der Waals surface area (Å²) in [6.45, 7) is 0. The zero-order valence-corrected chi connectivity index (χ0v) is 7.21. The van der Waals surface area contributed by atoms with Crippen molar-refractivity contribution in [2.75, 3.05) is 5.73 Å². The van der Waals surface area contributed by atoms with Gasteiger partial charge in [-0.2, -0.15) is 0 Å². The van der Waals surface area contributed by atoms with Crippen LogP contribution < -0.4 is 5.73 Å². The first-order valence-electron chi connectivity index (χ1n) is 2.40. The number of anilines is 1. The molecule has 1 rings (SSSR count). The topological polar surface area (TPSA) is 26.0 Å². The fraction of sp³-hybridized carbons (Fsp3) is 0. The average Bonchev–Trinajstić information content (AvgIpc) is 1.80. The van der Waals surface area contributed by atoms with Crippen LogP contribution in [-0.4, -0.2) is 0 Å². The standard InChI is InChI=1S/C6H5BrFN.Ar/c7-5-3-4(8)1-2-6(5)9;/h1-3H,9H2;. The number of hydrogen-bond donors (Lipinski definition) is 1. The summed E-state index contributed by atoms with van der Waals surface area (Å²) in [5.41, 5.74) is 5.93.